The van der Waals surface area contributed by atoms with Gasteiger partial charge in [-0.3, -0.25) is 10.1 Å². The molecule has 2 aromatic heterocycles. The standard InChI is InChI=1S/C12H7F6N3O4/c13-11(14,15)8-4(9(22)12(16,17)18)2-19-3-6(8)25-7-1-5(10(23)24)20-21-7/h1-3,9,22H,(H,20,21)(H,23,24). The number of aromatic nitrogens is 3. The van der Waals surface area contributed by atoms with E-state index in [0.29, 0.717) is 6.20 Å². The Kier molecular flexibility index (Phi) is 4.61. The molecule has 2 heterocycles. The van der Waals surface area contributed by atoms with E-state index in [0.717, 1.165) is 6.07 Å². The van der Waals surface area contributed by atoms with Crippen molar-refractivity contribution in [3.8, 4) is 11.6 Å². The molecule has 0 radical (unpaired) electrons. The molecule has 25 heavy (non-hydrogen) atoms. The van der Waals surface area contributed by atoms with Crippen LogP contribution in [0.25, 0.3) is 0 Å². The highest BCUT2D eigenvalue weighted by Gasteiger charge is 2.47. The molecule has 0 amide bonds. The number of aromatic amines is 1. The quantitative estimate of drug-likeness (QED) is 0.714. The Hall–Kier alpha value is -2.83. The highest BCUT2D eigenvalue weighted by atomic mass is 19.4. The monoisotopic (exact) mass is 371 g/mol. The number of alkyl halides is 6. The largest absolute Gasteiger partial charge is 0.477 e. The van der Waals surface area contributed by atoms with Crippen LogP contribution < -0.4 is 4.74 Å². The Bertz CT molecular complexity index is 786. The molecular weight excluding hydrogens is 364 g/mol. The van der Waals surface area contributed by atoms with Crippen LogP contribution in [0, 0.1) is 0 Å². The summed E-state index contributed by atoms with van der Waals surface area (Å²) < 4.78 is 82.0. The molecule has 0 aliphatic carbocycles. The molecular formula is C12H7F6N3O4. The third kappa shape index (κ3) is 3.99. The van der Waals surface area contributed by atoms with Gasteiger partial charge in [-0.25, -0.2) is 4.79 Å². The molecule has 0 bridgehead atoms. The van der Waals surface area contributed by atoms with Crippen molar-refractivity contribution in [2.75, 3.05) is 0 Å². The van der Waals surface area contributed by atoms with Crippen LogP contribution in [-0.2, 0) is 6.18 Å². The summed E-state index contributed by atoms with van der Waals surface area (Å²) >= 11 is 0. The number of hydrogen-bond donors (Lipinski definition) is 3. The number of nitrogens with one attached hydrogen (secondary N) is 1. The molecule has 13 heteroatoms. The minimum atomic E-state index is -5.37. The molecule has 2 rings (SSSR count). The number of carboxylic acids is 1. The summed E-state index contributed by atoms with van der Waals surface area (Å²) in [7, 11) is 0. The average molecular weight is 371 g/mol. The lowest BCUT2D eigenvalue weighted by molar-refractivity contribution is -0.209. The molecule has 0 spiro atoms. The Morgan fingerprint density at radius 1 is 1.20 bits per heavy atom. The molecule has 0 aliphatic heterocycles. The van der Waals surface area contributed by atoms with Crippen LogP contribution in [0.15, 0.2) is 18.5 Å². The minimum Gasteiger partial charge on any atom is -0.477 e. The van der Waals surface area contributed by atoms with Crippen molar-refractivity contribution >= 4 is 5.97 Å². The number of aromatic carboxylic acids is 1. The van der Waals surface area contributed by atoms with E-state index in [1.165, 1.54) is 0 Å². The van der Waals surface area contributed by atoms with Gasteiger partial charge >= 0.3 is 18.3 Å². The second-order valence-corrected chi connectivity index (χ2v) is 4.57. The maximum Gasteiger partial charge on any atom is 0.420 e. The van der Waals surface area contributed by atoms with Crippen molar-refractivity contribution in [3.05, 3.63) is 35.3 Å². The van der Waals surface area contributed by atoms with E-state index in [1.807, 2.05) is 5.10 Å². The lowest BCUT2D eigenvalue weighted by Gasteiger charge is -2.21. The SMILES string of the molecule is O=C(O)c1cc(Oc2cncc(C(O)C(F)(F)F)c2C(F)(F)F)n[nH]1. The summed E-state index contributed by atoms with van der Waals surface area (Å²) in [4.78, 5) is 13.9. The van der Waals surface area contributed by atoms with Crippen molar-refractivity contribution in [2.24, 2.45) is 0 Å². The summed E-state index contributed by atoms with van der Waals surface area (Å²) in [6.07, 6.45) is -13.5. The number of rotatable bonds is 4. The van der Waals surface area contributed by atoms with Gasteiger partial charge in [-0.2, -0.15) is 26.3 Å². The molecule has 0 aromatic carbocycles. The molecule has 0 saturated carbocycles. The number of nitrogens with zero attached hydrogens (tertiary/aromatic N) is 2. The Morgan fingerprint density at radius 3 is 2.32 bits per heavy atom. The molecule has 0 fully saturated rings. The van der Waals surface area contributed by atoms with Gasteiger partial charge in [0.25, 0.3) is 0 Å². The summed E-state index contributed by atoms with van der Waals surface area (Å²) in [6, 6.07) is 0.718. The van der Waals surface area contributed by atoms with E-state index in [4.69, 9.17) is 14.9 Å². The van der Waals surface area contributed by atoms with Crippen LogP contribution in [0.5, 0.6) is 11.6 Å². The second-order valence-electron chi connectivity index (χ2n) is 4.57. The maximum absolute atomic E-state index is 13.2. The van der Waals surface area contributed by atoms with E-state index < -0.39 is 52.9 Å². The molecule has 7 nitrogen and oxygen atoms in total. The van der Waals surface area contributed by atoms with Crippen LogP contribution in [0.3, 0.4) is 0 Å². The first-order valence-electron chi connectivity index (χ1n) is 6.17. The zero-order chi connectivity index (χ0) is 19.0. The number of aliphatic hydroxyl groups is 1. The normalized spacial score (nSPS) is 13.6. The number of pyridine rings is 1. The Balaban J connectivity index is 2.52. The lowest BCUT2D eigenvalue weighted by atomic mass is 10.0. The second kappa shape index (κ2) is 6.23. The predicted molar refractivity (Wildman–Crippen MR) is 65.9 cm³/mol. The number of hydrogen-bond acceptors (Lipinski definition) is 5. The number of ether oxygens (including phenoxy) is 1. The fourth-order valence-electron chi connectivity index (χ4n) is 1.80. The maximum atomic E-state index is 13.2. The first-order valence-corrected chi connectivity index (χ1v) is 6.17. The number of H-pyrrole nitrogens is 1. The summed E-state index contributed by atoms with van der Waals surface area (Å²) in [6.45, 7) is 0. The molecule has 3 N–H and O–H groups in total. The first kappa shape index (κ1) is 18.5. The molecule has 1 unspecified atom stereocenters. The third-order valence-electron chi connectivity index (χ3n) is 2.83. The van der Waals surface area contributed by atoms with Crippen molar-refractivity contribution in [1.82, 2.24) is 15.2 Å². The zero-order valence-corrected chi connectivity index (χ0v) is 11.7. The first-order chi connectivity index (χ1) is 11.4. The summed E-state index contributed by atoms with van der Waals surface area (Å²) in [5, 5.41) is 23.0. The van der Waals surface area contributed by atoms with E-state index in [9.17, 15) is 31.1 Å². The topological polar surface area (TPSA) is 108 Å². The van der Waals surface area contributed by atoms with E-state index in [-0.39, 0.29) is 6.20 Å². The van der Waals surface area contributed by atoms with Gasteiger partial charge in [0.2, 0.25) is 5.88 Å². The number of halogens is 6. The van der Waals surface area contributed by atoms with Gasteiger partial charge in [0, 0.05) is 17.8 Å². The molecule has 2 aromatic rings. The van der Waals surface area contributed by atoms with E-state index in [2.05, 4.69) is 10.1 Å². The average Bonchev–Trinajstić information content (AvgIpc) is 2.93. The van der Waals surface area contributed by atoms with Crippen molar-refractivity contribution in [1.29, 1.82) is 0 Å². The van der Waals surface area contributed by atoms with Gasteiger partial charge in [0.05, 0.1) is 6.20 Å². The van der Waals surface area contributed by atoms with Crippen LogP contribution in [-0.4, -0.2) is 37.5 Å². The lowest BCUT2D eigenvalue weighted by Crippen LogP contribution is -2.24. The molecule has 0 saturated heterocycles. The van der Waals surface area contributed by atoms with Gasteiger partial charge < -0.3 is 14.9 Å². The third-order valence-corrected chi connectivity index (χ3v) is 2.83. The molecule has 0 aliphatic rings. The van der Waals surface area contributed by atoms with Gasteiger partial charge in [-0.05, 0) is 0 Å². The number of carbonyl (C=O) groups is 1. The molecule has 136 valence electrons. The minimum absolute atomic E-state index is 0.209. The van der Waals surface area contributed by atoms with Crippen molar-refractivity contribution in [2.45, 2.75) is 18.5 Å². The van der Waals surface area contributed by atoms with Gasteiger partial charge in [-0.1, -0.05) is 0 Å². The van der Waals surface area contributed by atoms with Gasteiger partial charge in [0.1, 0.15) is 11.3 Å². The highest BCUT2D eigenvalue weighted by molar-refractivity contribution is 5.85. The van der Waals surface area contributed by atoms with Gasteiger partial charge in [0.15, 0.2) is 11.9 Å². The van der Waals surface area contributed by atoms with Crippen molar-refractivity contribution < 1.29 is 46.1 Å². The van der Waals surface area contributed by atoms with Crippen molar-refractivity contribution in [3.63, 3.8) is 0 Å². The highest BCUT2D eigenvalue weighted by Crippen LogP contribution is 2.44. The van der Waals surface area contributed by atoms with Crippen LogP contribution >= 0.6 is 0 Å². The fourth-order valence-corrected chi connectivity index (χ4v) is 1.80. The van der Waals surface area contributed by atoms with Crippen LogP contribution in [0.2, 0.25) is 0 Å². The fraction of sp³-hybridized carbons (Fsp3) is 0.250. The summed E-state index contributed by atoms with van der Waals surface area (Å²) in [5.41, 5.74) is -4.00. The van der Waals surface area contributed by atoms with Gasteiger partial charge in [-0.15, -0.1) is 5.10 Å². The van der Waals surface area contributed by atoms with E-state index in [1.54, 1.807) is 0 Å². The number of aliphatic hydroxyl groups excluding tert-OH is 1. The van der Waals surface area contributed by atoms with E-state index >= 15 is 0 Å². The zero-order valence-electron chi connectivity index (χ0n) is 11.7. The Morgan fingerprint density at radius 2 is 1.84 bits per heavy atom. The molecule has 1 atom stereocenters. The predicted octanol–water partition coefficient (Wildman–Crippen LogP) is 2.91. The Labute approximate surface area is 133 Å². The number of carboxylic acid groups (broad SMARTS) is 1. The smallest absolute Gasteiger partial charge is 0.420 e. The summed E-state index contributed by atoms with van der Waals surface area (Å²) in [5.74, 6) is -3.32. The van der Waals surface area contributed by atoms with Crippen LogP contribution in [0.1, 0.15) is 27.7 Å². The van der Waals surface area contributed by atoms with Crippen LogP contribution in [0.4, 0.5) is 26.3 Å².